The van der Waals surface area contributed by atoms with E-state index in [1.807, 2.05) is 11.9 Å². The zero-order valence-electron chi connectivity index (χ0n) is 11.6. The van der Waals surface area contributed by atoms with Gasteiger partial charge in [0.15, 0.2) is 0 Å². The smallest absolute Gasteiger partial charge is 0.306 e. The second-order valence-electron chi connectivity index (χ2n) is 4.67. The molecular formula is C15H17FN2O2. The molecule has 0 saturated heterocycles. The molecule has 0 saturated carbocycles. The van der Waals surface area contributed by atoms with Crippen LogP contribution < -0.4 is 0 Å². The SMILES string of the molecule is COC(=O)CCN(C)Cc1ccc(F)c2cccnc12. The molecule has 0 radical (unpaired) electrons. The third kappa shape index (κ3) is 3.30. The molecule has 0 amide bonds. The Labute approximate surface area is 117 Å². The topological polar surface area (TPSA) is 42.4 Å². The van der Waals surface area contributed by atoms with Crippen LogP contribution in [0.5, 0.6) is 0 Å². The van der Waals surface area contributed by atoms with Crippen LogP contribution in [0.2, 0.25) is 0 Å². The number of hydrogen-bond acceptors (Lipinski definition) is 4. The van der Waals surface area contributed by atoms with Crippen LogP contribution in [0.15, 0.2) is 30.5 Å². The van der Waals surface area contributed by atoms with E-state index in [-0.39, 0.29) is 11.8 Å². The number of esters is 1. The fraction of sp³-hybridized carbons (Fsp3) is 0.333. The van der Waals surface area contributed by atoms with Crippen molar-refractivity contribution in [3.63, 3.8) is 0 Å². The molecule has 0 bridgehead atoms. The maximum absolute atomic E-state index is 13.7. The number of aromatic nitrogens is 1. The fourth-order valence-corrected chi connectivity index (χ4v) is 2.08. The summed E-state index contributed by atoms with van der Waals surface area (Å²) in [5.74, 6) is -0.506. The Morgan fingerprint density at radius 2 is 2.20 bits per heavy atom. The summed E-state index contributed by atoms with van der Waals surface area (Å²) in [5.41, 5.74) is 1.60. The number of carbonyl (C=O) groups excluding carboxylic acids is 1. The third-order valence-corrected chi connectivity index (χ3v) is 3.17. The van der Waals surface area contributed by atoms with E-state index in [1.165, 1.54) is 13.2 Å². The van der Waals surface area contributed by atoms with Gasteiger partial charge in [-0.25, -0.2) is 4.39 Å². The first-order valence-corrected chi connectivity index (χ1v) is 6.39. The largest absolute Gasteiger partial charge is 0.469 e. The minimum absolute atomic E-state index is 0.237. The maximum atomic E-state index is 13.7. The number of methoxy groups -OCH3 is 1. The fourth-order valence-electron chi connectivity index (χ4n) is 2.08. The lowest BCUT2D eigenvalue weighted by molar-refractivity contribution is -0.140. The van der Waals surface area contributed by atoms with Gasteiger partial charge in [0, 0.05) is 24.7 Å². The molecule has 0 unspecified atom stereocenters. The van der Waals surface area contributed by atoms with Gasteiger partial charge >= 0.3 is 5.97 Å². The van der Waals surface area contributed by atoms with Crippen LogP contribution >= 0.6 is 0 Å². The summed E-state index contributed by atoms with van der Waals surface area (Å²) in [4.78, 5) is 17.3. The lowest BCUT2D eigenvalue weighted by atomic mass is 10.1. The number of rotatable bonds is 5. The van der Waals surface area contributed by atoms with Crippen LogP contribution in [0.3, 0.4) is 0 Å². The normalized spacial score (nSPS) is 11.0. The zero-order valence-corrected chi connectivity index (χ0v) is 11.6. The maximum Gasteiger partial charge on any atom is 0.306 e. The van der Waals surface area contributed by atoms with Gasteiger partial charge in [0.05, 0.1) is 19.0 Å². The van der Waals surface area contributed by atoms with Crippen molar-refractivity contribution in [1.82, 2.24) is 9.88 Å². The van der Waals surface area contributed by atoms with Gasteiger partial charge < -0.3 is 9.64 Å². The number of ether oxygens (including phenoxy) is 1. The number of pyridine rings is 1. The van der Waals surface area contributed by atoms with Gasteiger partial charge in [0.2, 0.25) is 0 Å². The highest BCUT2D eigenvalue weighted by Crippen LogP contribution is 2.20. The highest BCUT2D eigenvalue weighted by atomic mass is 19.1. The third-order valence-electron chi connectivity index (χ3n) is 3.17. The van der Waals surface area contributed by atoms with Gasteiger partial charge in [0.25, 0.3) is 0 Å². The second kappa shape index (κ2) is 6.43. The van der Waals surface area contributed by atoms with Crippen molar-refractivity contribution in [1.29, 1.82) is 0 Å². The molecule has 0 atom stereocenters. The lowest BCUT2D eigenvalue weighted by Crippen LogP contribution is -2.22. The molecule has 0 spiro atoms. The Bertz CT molecular complexity index is 616. The van der Waals surface area contributed by atoms with Crippen molar-refractivity contribution < 1.29 is 13.9 Å². The number of hydrogen-bond donors (Lipinski definition) is 0. The summed E-state index contributed by atoms with van der Waals surface area (Å²) in [6.45, 7) is 1.18. The van der Waals surface area contributed by atoms with Crippen LogP contribution in [0.1, 0.15) is 12.0 Å². The van der Waals surface area contributed by atoms with Crippen LogP contribution in [-0.4, -0.2) is 36.6 Å². The van der Waals surface area contributed by atoms with E-state index in [4.69, 9.17) is 0 Å². The van der Waals surface area contributed by atoms with E-state index in [0.29, 0.717) is 30.4 Å². The molecule has 0 N–H and O–H groups in total. The lowest BCUT2D eigenvalue weighted by Gasteiger charge is -2.17. The number of benzene rings is 1. The van der Waals surface area contributed by atoms with Crippen LogP contribution in [0.4, 0.5) is 4.39 Å². The van der Waals surface area contributed by atoms with Crippen molar-refractivity contribution in [3.8, 4) is 0 Å². The first-order valence-electron chi connectivity index (χ1n) is 6.39. The van der Waals surface area contributed by atoms with Gasteiger partial charge in [-0.3, -0.25) is 9.78 Å². The zero-order chi connectivity index (χ0) is 14.5. The summed E-state index contributed by atoms with van der Waals surface area (Å²) in [5, 5.41) is 0.520. The Hall–Kier alpha value is -2.01. The Balaban J connectivity index is 2.13. The molecule has 5 heteroatoms. The van der Waals surface area contributed by atoms with Crippen molar-refractivity contribution in [2.45, 2.75) is 13.0 Å². The van der Waals surface area contributed by atoms with Gasteiger partial charge in [-0.2, -0.15) is 0 Å². The molecular weight excluding hydrogens is 259 g/mol. The molecule has 0 aliphatic carbocycles. The Morgan fingerprint density at radius 1 is 1.40 bits per heavy atom. The number of nitrogens with zero attached hydrogens (tertiary/aromatic N) is 2. The number of fused-ring (bicyclic) bond motifs is 1. The summed E-state index contributed by atoms with van der Waals surface area (Å²) >= 11 is 0. The second-order valence-corrected chi connectivity index (χ2v) is 4.67. The average Bonchev–Trinajstić information content (AvgIpc) is 2.48. The predicted octanol–water partition coefficient (Wildman–Crippen LogP) is 2.37. The van der Waals surface area contributed by atoms with E-state index in [1.54, 1.807) is 24.4 Å². The van der Waals surface area contributed by atoms with Gasteiger partial charge in [-0.15, -0.1) is 0 Å². The average molecular weight is 276 g/mol. The van der Waals surface area contributed by atoms with Crippen molar-refractivity contribution in [2.75, 3.05) is 20.7 Å². The molecule has 0 fully saturated rings. The van der Waals surface area contributed by atoms with E-state index >= 15 is 0 Å². The molecule has 106 valence electrons. The van der Waals surface area contributed by atoms with Crippen LogP contribution in [0.25, 0.3) is 10.9 Å². The first kappa shape index (κ1) is 14.4. The van der Waals surface area contributed by atoms with Crippen molar-refractivity contribution >= 4 is 16.9 Å². The number of carbonyl (C=O) groups is 1. The molecule has 1 aromatic heterocycles. The summed E-state index contributed by atoms with van der Waals surface area (Å²) in [6.07, 6.45) is 1.99. The highest BCUT2D eigenvalue weighted by Gasteiger charge is 2.10. The monoisotopic (exact) mass is 276 g/mol. The van der Waals surface area contributed by atoms with Crippen molar-refractivity contribution in [3.05, 3.63) is 41.8 Å². The minimum Gasteiger partial charge on any atom is -0.469 e. The Kier molecular flexibility index (Phi) is 4.63. The van der Waals surface area contributed by atoms with E-state index in [9.17, 15) is 9.18 Å². The van der Waals surface area contributed by atoms with Gasteiger partial charge in [0.1, 0.15) is 5.82 Å². The minimum atomic E-state index is -0.269. The summed E-state index contributed by atoms with van der Waals surface area (Å²) in [6, 6.07) is 6.62. The summed E-state index contributed by atoms with van der Waals surface area (Å²) in [7, 11) is 3.28. The Morgan fingerprint density at radius 3 is 2.95 bits per heavy atom. The van der Waals surface area contributed by atoms with E-state index in [2.05, 4.69) is 9.72 Å². The number of halogens is 1. The van der Waals surface area contributed by atoms with Gasteiger partial charge in [-0.1, -0.05) is 6.07 Å². The molecule has 4 nitrogen and oxygen atoms in total. The quantitative estimate of drug-likeness (QED) is 0.786. The molecule has 2 rings (SSSR count). The van der Waals surface area contributed by atoms with E-state index < -0.39 is 0 Å². The van der Waals surface area contributed by atoms with Crippen molar-refractivity contribution in [2.24, 2.45) is 0 Å². The predicted molar refractivity (Wildman–Crippen MR) is 74.7 cm³/mol. The standard InChI is InChI=1S/C15H17FN2O2/c1-18(9-7-14(19)20-2)10-11-5-6-13(16)12-4-3-8-17-15(11)12/h3-6,8H,7,9-10H2,1-2H3. The van der Waals surface area contributed by atoms with Gasteiger partial charge in [-0.05, 0) is 30.8 Å². The van der Waals surface area contributed by atoms with Crippen LogP contribution in [-0.2, 0) is 16.1 Å². The molecule has 0 aliphatic rings. The molecule has 2 aromatic rings. The van der Waals surface area contributed by atoms with E-state index in [0.717, 1.165) is 5.56 Å². The molecule has 0 aliphatic heterocycles. The molecule has 1 aromatic carbocycles. The van der Waals surface area contributed by atoms with Crippen LogP contribution in [0, 0.1) is 5.82 Å². The molecule has 1 heterocycles. The highest BCUT2D eigenvalue weighted by molar-refractivity contribution is 5.82. The first-order chi connectivity index (χ1) is 9.61. The molecule has 20 heavy (non-hydrogen) atoms. The summed E-state index contributed by atoms with van der Waals surface area (Å²) < 4.78 is 18.3.